The van der Waals surface area contributed by atoms with E-state index in [2.05, 4.69) is 25.3 Å². The highest BCUT2D eigenvalue weighted by atomic mass is 35.5. The summed E-state index contributed by atoms with van der Waals surface area (Å²) in [5.74, 6) is 1.13. The van der Waals surface area contributed by atoms with E-state index in [9.17, 15) is 5.11 Å². The van der Waals surface area contributed by atoms with Crippen molar-refractivity contribution in [3.05, 3.63) is 87.5 Å². The van der Waals surface area contributed by atoms with Gasteiger partial charge < -0.3 is 14.4 Å². The molecule has 1 aliphatic rings. The van der Waals surface area contributed by atoms with E-state index in [-0.39, 0.29) is 24.2 Å². The van der Waals surface area contributed by atoms with Gasteiger partial charge in [0.2, 0.25) is 18.3 Å². The number of hydroxylamine groups is 2. The number of hydrogen-bond donors (Lipinski definition) is 1. The van der Waals surface area contributed by atoms with Crippen molar-refractivity contribution in [1.29, 1.82) is 0 Å². The van der Waals surface area contributed by atoms with Crippen LogP contribution in [0.25, 0.3) is 22.2 Å². The summed E-state index contributed by atoms with van der Waals surface area (Å²) in [7, 11) is 0. The molecule has 11 nitrogen and oxygen atoms in total. The summed E-state index contributed by atoms with van der Waals surface area (Å²) < 4.78 is 13.3. The molecule has 0 radical (unpaired) electrons. The van der Waals surface area contributed by atoms with Gasteiger partial charge in [-0.15, -0.1) is 16.4 Å². The minimum atomic E-state index is -1.46. The predicted octanol–water partition coefficient (Wildman–Crippen LogP) is 5.80. The largest absolute Gasteiger partial charge is 0.455 e. The van der Waals surface area contributed by atoms with E-state index < -0.39 is 12.5 Å². The summed E-state index contributed by atoms with van der Waals surface area (Å²) in [6, 6.07) is 18.3. The lowest BCUT2D eigenvalue weighted by atomic mass is 10.2. The fourth-order valence-corrected chi connectivity index (χ4v) is 5.17. The molecule has 6 rings (SSSR count). The Hall–Kier alpha value is -3.81. The number of benzene rings is 2. The average molecular weight is 598 g/mol. The quantitative estimate of drug-likeness (QED) is 0.224. The normalized spacial score (nSPS) is 15.8. The highest BCUT2D eigenvalue weighted by molar-refractivity contribution is 7.13. The number of halogens is 2. The topological polar surface area (TPSA) is 124 Å². The molecule has 1 aliphatic heterocycles. The Bertz CT molecular complexity index is 1660. The molecule has 0 aliphatic carbocycles. The molecule has 14 heteroatoms. The Morgan fingerprint density at radius 3 is 2.65 bits per heavy atom. The van der Waals surface area contributed by atoms with Crippen molar-refractivity contribution in [1.82, 2.24) is 30.0 Å². The molecule has 2 unspecified atom stereocenters. The molecule has 0 fully saturated rings. The summed E-state index contributed by atoms with van der Waals surface area (Å²) in [4.78, 5) is 16.0. The van der Waals surface area contributed by atoms with Crippen LogP contribution in [0.5, 0.6) is 6.01 Å². The maximum atomic E-state index is 11.2. The van der Waals surface area contributed by atoms with Crippen molar-refractivity contribution < 1.29 is 19.2 Å². The third kappa shape index (κ3) is 5.31. The van der Waals surface area contributed by atoms with Crippen molar-refractivity contribution in [3.8, 4) is 28.2 Å². The maximum absolute atomic E-state index is 11.2. The lowest BCUT2D eigenvalue weighted by Gasteiger charge is -2.23. The first-order valence-electron chi connectivity index (χ1n) is 12.2. The van der Waals surface area contributed by atoms with E-state index >= 15 is 0 Å². The Morgan fingerprint density at radius 1 is 1.07 bits per heavy atom. The Labute approximate surface area is 242 Å². The van der Waals surface area contributed by atoms with Crippen LogP contribution in [0.1, 0.15) is 30.8 Å². The smallest absolute Gasteiger partial charge is 0.317 e. The molecular weight excluding hydrogens is 577 g/mol. The number of rotatable bonds is 9. The molecular formula is C26H21Cl2N7O4S. The molecule has 204 valence electrons. The highest BCUT2D eigenvalue weighted by Crippen LogP contribution is 2.33. The standard InChI is InChI=1S/C26H21Cl2N7O4S/c1-2-34-22(19-10-5-11-40-19)31-32-26(34)37-14-20-29-24(16-7-4-9-18(28)13-16)39-35(20)25(36)21-30-23(38-33-21)15-6-3-8-17(27)12-15/h3-13,24-25,36H,2,14H2,1H3. The van der Waals surface area contributed by atoms with E-state index in [1.807, 2.05) is 35.1 Å². The second kappa shape index (κ2) is 11.4. The van der Waals surface area contributed by atoms with E-state index in [4.69, 9.17) is 37.3 Å². The van der Waals surface area contributed by atoms with Crippen molar-refractivity contribution in [2.75, 3.05) is 6.61 Å². The fraction of sp³-hybridized carbons (Fsp3) is 0.192. The van der Waals surface area contributed by atoms with Gasteiger partial charge in [0.1, 0.15) is 0 Å². The third-order valence-corrected chi connectivity index (χ3v) is 7.28. The molecule has 0 spiro atoms. The van der Waals surface area contributed by atoms with Crippen molar-refractivity contribution in [2.45, 2.75) is 25.9 Å². The zero-order valence-electron chi connectivity index (χ0n) is 20.9. The molecule has 4 heterocycles. The Balaban J connectivity index is 1.27. The summed E-state index contributed by atoms with van der Waals surface area (Å²) in [5.41, 5.74) is 1.29. The Morgan fingerprint density at radius 2 is 1.90 bits per heavy atom. The molecule has 2 aromatic carbocycles. The lowest BCUT2D eigenvalue weighted by molar-refractivity contribution is -0.207. The number of nitrogens with zero attached hydrogens (tertiary/aromatic N) is 7. The molecule has 0 saturated carbocycles. The molecule has 3 aromatic heterocycles. The van der Waals surface area contributed by atoms with Gasteiger partial charge in [0.15, 0.2) is 18.3 Å². The molecule has 40 heavy (non-hydrogen) atoms. The van der Waals surface area contributed by atoms with E-state index in [1.165, 1.54) is 5.06 Å². The number of aliphatic hydroxyl groups is 1. The van der Waals surface area contributed by atoms with Gasteiger partial charge in [-0.25, -0.2) is 9.83 Å². The summed E-state index contributed by atoms with van der Waals surface area (Å²) in [5, 5.41) is 27.9. The summed E-state index contributed by atoms with van der Waals surface area (Å²) in [6.45, 7) is 2.48. The second-order valence-corrected chi connectivity index (χ2v) is 10.4. The highest BCUT2D eigenvalue weighted by Gasteiger charge is 2.36. The number of amidine groups is 1. The van der Waals surface area contributed by atoms with Crippen LogP contribution in [0, 0.1) is 0 Å². The van der Waals surface area contributed by atoms with Crippen LogP contribution in [-0.2, 0) is 11.4 Å². The van der Waals surface area contributed by atoms with Crippen LogP contribution < -0.4 is 4.74 Å². The molecule has 0 saturated heterocycles. The van der Waals surface area contributed by atoms with Crippen LogP contribution in [0.4, 0.5) is 0 Å². The van der Waals surface area contributed by atoms with Crippen molar-refractivity contribution in [2.24, 2.45) is 4.99 Å². The molecule has 0 amide bonds. The monoisotopic (exact) mass is 597 g/mol. The first-order chi connectivity index (χ1) is 19.5. The molecule has 5 aromatic rings. The zero-order valence-corrected chi connectivity index (χ0v) is 23.2. The van der Waals surface area contributed by atoms with E-state index in [0.29, 0.717) is 39.6 Å². The van der Waals surface area contributed by atoms with Gasteiger partial charge >= 0.3 is 6.01 Å². The van der Waals surface area contributed by atoms with Gasteiger partial charge in [-0.3, -0.25) is 4.57 Å². The van der Waals surface area contributed by atoms with Crippen LogP contribution in [0.15, 0.2) is 75.6 Å². The van der Waals surface area contributed by atoms with Crippen molar-refractivity contribution in [3.63, 3.8) is 0 Å². The van der Waals surface area contributed by atoms with Crippen LogP contribution in [0.3, 0.4) is 0 Å². The lowest BCUT2D eigenvalue weighted by Crippen LogP contribution is -2.35. The number of aromatic nitrogens is 5. The number of aliphatic hydroxyl groups excluding tert-OH is 1. The minimum Gasteiger partial charge on any atom is -0.455 e. The van der Waals surface area contributed by atoms with Crippen molar-refractivity contribution >= 4 is 40.4 Å². The molecule has 2 atom stereocenters. The first kappa shape index (κ1) is 26.4. The first-order valence-corrected chi connectivity index (χ1v) is 13.8. The summed E-state index contributed by atoms with van der Waals surface area (Å²) >= 11 is 13.8. The molecule has 0 bridgehead atoms. The average Bonchev–Trinajstić information content (AvgIpc) is 3.77. The number of thiophene rings is 1. The SMILES string of the molecule is CCn1c(OCC2=NC(c3cccc(Cl)c3)ON2C(O)c2noc(-c3cccc(Cl)c3)n2)nnc1-c1cccs1. The fourth-order valence-electron chi connectivity index (χ4n) is 4.06. The number of aliphatic imine (C=N–C) groups is 1. The predicted molar refractivity (Wildman–Crippen MR) is 149 cm³/mol. The van der Waals surface area contributed by atoms with E-state index in [0.717, 1.165) is 4.88 Å². The number of hydrogen-bond acceptors (Lipinski definition) is 11. The van der Waals surface area contributed by atoms with Crippen LogP contribution in [0.2, 0.25) is 10.0 Å². The van der Waals surface area contributed by atoms with Crippen LogP contribution in [-0.4, -0.2) is 47.5 Å². The van der Waals surface area contributed by atoms with Gasteiger partial charge in [0.25, 0.3) is 5.89 Å². The number of ether oxygens (including phenoxy) is 1. The Kier molecular flexibility index (Phi) is 7.50. The molecule has 1 N–H and O–H groups in total. The van der Waals surface area contributed by atoms with Gasteiger partial charge in [-0.1, -0.05) is 57.7 Å². The second-order valence-electron chi connectivity index (χ2n) is 8.54. The van der Waals surface area contributed by atoms with E-state index in [1.54, 1.807) is 53.8 Å². The summed E-state index contributed by atoms with van der Waals surface area (Å²) in [6.07, 6.45) is -2.26. The van der Waals surface area contributed by atoms with Gasteiger partial charge in [0, 0.05) is 27.7 Å². The van der Waals surface area contributed by atoms with Gasteiger partial charge in [-0.05, 0) is 48.7 Å². The minimum absolute atomic E-state index is 0.0360. The third-order valence-electron chi connectivity index (χ3n) is 5.94. The zero-order chi connectivity index (χ0) is 27.6. The van der Waals surface area contributed by atoms with Crippen LogP contribution >= 0.6 is 34.5 Å². The van der Waals surface area contributed by atoms with Gasteiger partial charge in [0.05, 0.1) is 4.88 Å². The van der Waals surface area contributed by atoms with Gasteiger partial charge in [-0.2, -0.15) is 10.0 Å². The maximum Gasteiger partial charge on any atom is 0.317 e.